The molecule has 0 bridgehead atoms. The molecule has 0 radical (unpaired) electrons. The zero-order chi connectivity index (χ0) is 17.6. The highest BCUT2D eigenvalue weighted by Crippen LogP contribution is 2.39. The summed E-state index contributed by atoms with van der Waals surface area (Å²) < 4.78 is 1.73. The Hall–Kier alpha value is -2.53. The Balaban J connectivity index is 1.96. The SMILES string of the molecule is CC1(C)CCc2c(c(-c3ccccc3)nn2-c2ccc(Cl)nn2)C1=O. The lowest BCUT2D eigenvalue weighted by molar-refractivity contribution is 0.0811. The summed E-state index contributed by atoms with van der Waals surface area (Å²) in [6.07, 6.45) is 1.54. The summed E-state index contributed by atoms with van der Waals surface area (Å²) in [6, 6.07) is 13.2. The molecule has 0 aliphatic heterocycles. The zero-order valence-electron chi connectivity index (χ0n) is 14.0. The molecular formula is C19H17ClN4O. The number of rotatable bonds is 2. The van der Waals surface area contributed by atoms with Gasteiger partial charge in [-0.2, -0.15) is 5.10 Å². The smallest absolute Gasteiger partial charge is 0.176 e. The molecule has 4 rings (SSSR count). The van der Waals surface area contributed by atoms with Gasteiger partial charge >= 0.3 is 0 Å². The second-order valence-corrected chi connectivity index (χ2v) is 7.26. The van der Waals surface area contributed by atoms with E-state index in [9.17, 15) is 4.79 Å². The van der Waals surface area contributed by atoms with Gasteiger partial charge < -0.3 is 0 Å². The molecule has 3 aromatic rings. The monoisotopic (exact) mass is 352 g/mol. The summed E-state index contributed by atoms with van der Waals surface area (Å²) in [5.74, 6) is 0.691. The van der Waals surface area contributed by atoms with Crippen LogP contribution in [0.3, 0.4) is 0 Å². The summed E-state index contributed by atoms with van der Waals surface area (Å²) in [6.45, 7) is 3.99. The van der Waals surface area contributed by atoms with Gasteiger partial charge in [0.1, 0.15) is 5.69 Å². The molecule has 2 aromatic heterocycles. The van der Waals surface area contributed by atoms with Crippen LogP contribution in [0.2, 0.25) is 5.15 Å². The van der Waals surface area contributed by atoms with E-state index in [1.165, 1.54) is 0 Å². The van der Waals surface area contributed by atoms with Crippen molar-refractivity contribution in [2.24, 2.45) is 5.41 Å². The molecule has 0 atom stereocenters. The zero-order valence-corrected chi connectivity index (χ0v) is 14.8. The minimum Gasteiger partial charge on any atom is -0.293 e. The molecule has 0 amide bonds. The van der Waals surface area contributed by atoms with E-state index in [1.807, 2.05) is 44.2 Å². The Labute approximate surface area is 150 Å². The maximum Gasteiger partial charge on any atom is 0.176 e. The van der Waals surface area contributed by atoms with Crippen LogP contribution in [-0.2, 0) is 6.42 Å². The molecule has 6 heteroatoms. The van der Waals surface area contributed by atoms with Crippen molar-refractivity contribution in [3.63, 3.8) is 0 Å². The fourth-order valence-corrected chi connectivity index (χ4v) is 3.32. The molecule has 0 saturated carbocycles. The van der Waals surface area contributed by atoms with Crippen LogP contribution >= 0.6 is 11.6 Å². The van der Waals surface area contributed by atoms with Crippen molar-refractivity contribution in [2.45, 2.75) is 26.7 Å². The Morgan fingerprint density at radius 1 is 1.08 bits per heavy atom. The van der Waals surface area contributed by atoms with Gasteiger partial charge in [-0.05, 0) is 25.0 Å². The van der Waals surface area contributed by atoms with Crippen LogP contribution in [0.5, 0.6) is 0 Å². The molecule has 1 aromatic carbocycles. The molecule has 1 aliphatic carbocycles. The van der Waals surface area contributed by atoms with Crippen LogP contribution in [0.1, 0.15) is 36.3 Å². The van der Waals surface area contributed by atoms with E-state index in [0.29, 0.717) is 22.2 Å². The fourth-order valence-electron chi connectivity index (χ4n) is 3.21. The van der Waals surface area contributed by atoms with Gasteiger partial charge in [0, 0.05) is 11.0 Å². The van der Waals surface area contributed by atoms with Crippen molar-refractivity contribution in [1.29, 1.82) is 0 Å². The third kappa shape index (κ3) is 2.65. The van der Waals surface area contributed by atoms with Crippen LogP contribution in [0.15, 0.2) is 42.5 Å². The van der Waals surface area contributed by atoms with Crippen LogP contribution < -0.4 is 0 Å². The molecular weight excluding hydrogens is 336 g/mol. The molecule has 0 unspecified atom stereocenters. The van der Waals surface area contributed by atoms with Crippen molar-refractivity contribution < 1.29 is 4.79 Å². The first-order valence-corrected chi connectivity index (χ1v) is 8.57. The van der Waals surface area contributed by atoms with Crippen LogP contribution in [0.4, 0.5) is 0 Å². The van der Waals surface area contributed by atoms with Crippen molar-refractivity contribution in [3.05, 3.63) is 58.9 Å². The second kappa shape index (κ2) is 5.77. The summed E-state index contributed by atoms with van der Waals surface area (Å²) in [7, 11) is 0. The number of aromatic nitrogens is 4. The number of ketones is 1. The molecule has 0 spiro atoms. The number of carbonyl (C=O) groups excluding carboxylic acids is 1. The number of hydrogen-bond acceptors (Lipinski definition) is 4. The third-order valence-corrected chi connectivity index (χ3v) is 4.89. The second-order valence-electron chi connectivity index (χ2n) is 6.88. The molecule has 2 heterocycles. The molecule has 0 saturated heterocycles. The number of nitrogens with zero attached hydrogens (tertiary/aromatic N) is 4. The predicted molar refractivity (Wildman–Crippen MR) is 96.0 cm³/mol. The number of carbonyl (C=O) groups is 1. The largest absolute Gasteiger partial charge is 0.293 e. The van der Waals surface area contributed by atoms with Crippen LogP contribution in [-0.4, -0.2) is 25.8 Å². The highest BCUT2D eigenvalue weighted by Gasteiger charge is 2.39. The van der Waals surface area contributed by atoms with Gasteiger partial charge in [-0.3, -0.25) is 4.79 Å². The average molecular weight is 353 g/mol. The fraction of sp³-hybridized carbons (Fsp3) is 0.263. The maximum atomic E-state index is 13.1. The van der Waals surface area contributed by atoms with Crippen molar-refractivity contribution in [1.82, 2.24) is 20.0 Å². The van der Waals surface area contributed by atoms with E-state index in [-0.39, 0.29) is 5.78 Å². The Morgan fingerprint density at radius 2 is 1.84 bits per heavy atom. The molecule has 0 fully saturated rings. The average Bonchev–Trinajstić information content (AvgIpc) is 3.00. The van der Waals surface area contributed by atoms with Crippen molar-refractivity contribution in [3.8, 4) is 17.1 Å². The van der Waals surface area contributed by atoms with E-state index in [0.717, 1.165) is 24.1 Å². The molecule has 126 valence electrons. The van der Waals surface area contributed by atoms with Crippen LogP contribution in [0.25, 0.3) is 17.1 Å². The van der Waals surface area contributed by atoms with E-state index in [1.54, 1.807) is 16.8 Å². The first-order valence-electron chi connectivity index (χ1n) is 8.19. The molecule has 1 aliphatic rings. The Morgan fingerprint density at radius 3 is 2.52 bits per heavy atom. The number of Topliss-reactive ketones (excluding diaryl/α,β-unsaturated/α-hetero) is 1. The molecule has 5 nitrogen and oxygen atoms in total. The summed E-state index contributed by atoms with van der Waals surface area (Å²) in [5.41, 5.74) is 2.81. The van der Waals surface area contributed by atoms with Crippen molar-refractivity contribution >= 4 is 17.4 Å². The van der Waals surface area contributed by atoms with Gasteiger partial charge in [0.2, 0.25) is 0 Å². The van der Waals surface area contributed by atoms with Gasteiger partial charge in [-0.15, -0.1) is 10.2 Å². The minimum absolute atomic E-state index is 0.126. The van der Waals surface area contributed by atoms with E-state index >= 15 is 0 Å². The molecule has 25 heavy (non-hydrogen) atoms. The normalized spacial score (nSPS) is 15.9. The Kier molecular flexibility index (Phi) is 3.69. The summed E-state index contributed by atoms with van der Waals surface area (Å²) >= 11 is 5.85. The molecule has 0 N–H and O–H groups in total. The van der Waals surface area contributed by atoms with Crippen molar-refractivity contribution in [2.75, 3.05) is 0 Å². The number of halogens is 1. The highest BCUT2D eigenvalue weighted by molar-refractivity contribution is 6.29. The Bertz CT molecular complexity index is 946. The van der Waals surface area contributed by atoms with Gasteiger partial charge in [-0.25, -0.2) is 4.68 Å². The standard InChI is InChI=1S/C19H17ClN4O/c1-19(2)11-10-13-16(18(19)25)17(12-6-4-3-5-7-12)23-24(13)15-9-8-14(20)21-22-15/h3-9H,10-11H2,1-2H3. The first-order chi connectivity index (χ1) is 12.0. The lowest BCUT2D eigenvalue weighted by Crippen LogP contribution is -2.31. The van der Waals surface area contributed by atoms with Crippen LogP contribution in [0, 0.1) is 5.41 Å². The van der Waals surface area contributed by atoms with Gasteiger partial charge in [-0.1, -0.05) is 55.8 Å². The first kappa shape index (κ1) is 16.0. The number of fused-ring (bicyclic) bond motifs is 1. The lowest BCUT2D eigenvalue weighted by atomic mass is 9.74. The number of benzene rings is 1. The third-order valence-electron chi connectivity index (χ3n) is 4.69. The summed E-state index contributed by atoms with van der Waals surface area (Å²) in [5, 5.41) is 13.1. The summed E-state index contributed by atoms with van der Waals surface area (Å²) in [4.78, 5) is 13.1. The van der Waals surface area contributed by atoms with E-state index < -0.39 is 5.41 Å². The van der Waals surface area contributed by atoms with Gasteiger partial charge in [0.15, 0.2) is 16.8 Å². The van der Waals surface area contributed by atoms with Gasteiger partial charge in [0.25, 0.3) is 0 Å². The predicted octanol–water partition coefficient (Wildman–Crippen LogP) is 4.14. The quantitative estimate of drug-likeness (QED) is 0.695. The number of hydrogen-bond donors (Lipinski definition) is 0. The highest BCUT2D eigenvalue weighted by atomic mass is 35.5. The van der Waals surface area contributed by atoms with E-state index in [4.69, 9.17) is 16.7 Å². The topological polar surface area (TPSA) is 60.7 Å². The van der Waals surface area contributed by atoms with Gasteiger partial charge in [0.05, 0.1) is 11.3 Å². The maximum absolute atomic E-state index is 13.1. The minimum atomic E-state index is -0.393. The van der Waals surface area contributed by atoms with E-state index in [2.05, 4.69) is 10.2 Å². The lowest BCUT2D eigenvalue weighted by Gasteiger charge is -2.28.